The number of piperazine rings is 1. The van der Waals surface area contributed by atoms with Crippen LogP contribution < -0.4 is 0 Å². The first kappa shape index (κ1) is 20.0. The van der Waals surface area contributed by atoms with Gasteiger partial charge in [-0.3, -0.25) is 9.79 Å². The Morgan fingerprint density at radius 2 is 1.52 bits per heavy atom. The highest BCUT2D eigenvalue weighted by Gasteiger charge is 2.44. The summed E-state index contributed by atoms with van der Waals surface area (Å²) in [6.45, 7) is 24.3. The van der Waals surface area contributed by atoms with E-state index in [1.54, 1.807) is 6.92 Å². The molecule has 0 spiro atoms. The maximum Gasteiger partial charge on any atom is 0.219 e. The lowest BCUT2D eigenvalue weighted by molar-refractivity contribution is -0.129. The van der Waals surface area contributed by atoms with Gasteiger partial charge in [0.2, 0.25) is 5.91 Å². The molecule has 0 radical (unpaired) electrons. The van der Waals surface area contributed by atoms with Crippen LogP contribution in [0.1, 0.15) is 69.2 Å². The van der Waals surface area contributed by atoms with Crippen molar-refractivity contribution in [2.24, 2.45) is 21.2 Å². The summed E-state index contributed by atoms with van der Waals surface area (Å²) in [7, 11) is 0. The summed E-state index contributed by atoms with van der Waals surface area (Å²) in [5.74, 6) is 1.33. The third kappa shape index (κ3) is 3.93. The fourth-order valence-corrected chi connectivity index (χ4v) is 3.92. The monoisotopic (exact) mass is 347 g/mol. The molecule has 25 heavy (non-hydrogen) atoms. The maximum absolute atomic E-state index is 12.0. The molecule has 142 valence electrons. The number of amidine groups is 1. The highest BCUT2D eigenvalue weighted by atomic mass is 16.2. The summed E-state index contributed by atoms with van der Waals surface area (Å²) in [4.78, 5) is 21.7. The van der Waals surface area contributed by atoms with Gasteiger partial charge in [0.05, 0.1) is 12.6 Å². The van der Waals surface area contributed by atoms with Gasteiger partial charge in [0.1, 0.15) is 5.84 Å². The number of aliphatic imine (C=N–C) groups is 1. The number of rotatable bonds is 0. The van der Waals surface area contributed by atoms with Crippen LogP contribution in [-0.2, 0) is 4.79 Å². The van der Waals surface area contributed by atoms with Crippen LogP contribution >= 0.6 is 0 Å². The van der Waals surface area contributed by atoms with E-state index in [2.05, 4.69) is 67.2 Å². The molecule has 0 aromatic carbocycles. The smallest absolute Gasteiger partial charge is 0.219 e. The van der Waals surface area contributed by atoms with Gasteiger partial charge in [-0.25, -0.2) is 0 Å². The first-order valence-corrected chi connectivity index (χ1v) is 9.49. The largest absolute Gasteiger partial charge is 0.335 e. The number of carbonyl (C=O) groups is 1. The lowest BCUT2D eigenvalue weighted by Crippen LogP contribution is -2.56. The number of carbonyl (C=O) groups excluding carboxylic acids is 1. The Kier molecular flexibility index (Phi) is 4.91. The van der Waals surface area contributed by atoms with E-state index < -0.39 is 0 Å². The third-order valence-electron chi connectivity index (χ3n) is 5.10. The first-order chi connectivity index (χ1) is 11.1. The summed E-state index contributed by atoms with van der Waals surface area (Å²) in [5, 5.41) is 0. The zero-order chi connectivity index (χ0) is 19.4. The van der Waals surface area contributed by atoms with Gasteiger partial charge in [0.25, 0.3) is 0 Å². The first-order valence-electron chi connectivity index (χ1n) is 9.49. The average molecular weight is 348 g/mol. The fourth-order valence-electron chi connectivity index (χ4n) is 3.92. The lowest BCUT2D eigenvalue weighted by atomic mass is 9.70. The Balaban J connectivity index is 2.69. The topological polar surface area (TPSA) is 35.9 Å². The molecule has 0 aromatic rings. The van der Waals surface area contributed by atoms with Crippen molar-refractivity contribution >= 4 is 11.7 Å². The average Bonchev–Trinajstić information content (AvgIpc) is 2.41. The van der Waals surface area contributed by atoms with E-state index >= 15 is 0 Å². The zero-order valence-electron chi connectivity index (χ0n) is 17.9. The molecule has 1 amide bonds. The second kappa shape index (κ2) is 6.14. The Hall–Kier alpha value is -1.32. The van der Waals surface area contributed by atoms with E-state index in [0.29, 0.717) is 6.54 Å². The Morgan fingerprint density at radius 3 is 1.92 bits per heavy atom. The number of hydrogen-bond acceptors (Lipinski definition) is 3. The quantitative estimate of drug-likeness (QED) is 0.654. The minimum Gasteiger partial charge on any atom is -0.335 e. The Bertz CT molecular complexity index is 609. The normalized spacial score (nSPS) is 22.8. The van der Waals surface area contributed by atoms with Crippen LogP contribution in [0.2, 0.25) is 0 Å². The van der Waals surface area contributed by atoms with Crippen LogP contribution in [0, 0.1) is 16.2 Å². The molecule has 1 saturated heterocycles. The minimum atomic E-state index is -0.0173. The molecule has 1 atom stereocenters. The summed E-state index contributed by atoms with van der Waals surface area (Å²) in [6, 6.07) is 0.139. The lowest BCUT2D eigenvalue weighted by Gasteiger charge is -2.50. The second-order valence-corrected chi connectivity index (χ2v) is 10.7. The number of fused-ring (bicyclic) bond motifs is 1. The van der Waals surface area contributed by atoms with Crippen molar-refractivity contribution < 1.29 is 4.79 Å². The van der Waals surface area contributed by atoms with E-state index in [0.717, 1.165) is 13.1 Å². The molecule has 0 saturated carbocycles. The fraction of sp³-hybridized carbons (Fsp3) is 0.810. The predicted molar refractivity (Wildman–Crippen MR) is 106 cm³/mol. The van der Waals surface area contributed by atoms with Crippen molar-refractivity contribution in [3.8, 4) is 0 Å². The van der Waals surface area contributed by atoms with Crippen LogP contribution in [0.25, 0.3) is 0 Å². The van der Waals surface area contributed by atoms with Crippen molar-refractivity contribution in [1.82, 2.24) is 9.80 Å². The van der Waals surface area contributed by atoms with E-state index in [9.17, 15) is 4.79 Å². The molecule has 4 nitrogen and oxygen atoms in total. The molecule has 0 aliphatic carbocycles. The van der Waals surface area contributed by atoms with Gasteiger partial charge in [0, 0.05) is 31.1 Å². The van der Waals surface area contributed by atoms with Crippen LogP contribution in [-0.4, -0.2) is 47.2 Å². The molecule has 1 fully saturated rings. The summed E-state index contributed by atoms with van der Waals surface area (Å²) in [5.41, 5.74) is 2.72. The van der Waals surface area contributed by atoms with Crippen molar-refractivity contribution in [3.05, 3.63) is 11.3 Å². The summed E-state index contributed by atoms with van der Waals surface area (Å²) >= 11 is 0. The van der Waals surface area contributed by atoms with Gasteiger partial charge in [-0.05, 0) is 16.4 Å². The zero-order valence-corrected chi connectivity index (χ0v) is 17.9. The van der Waals surface area contributed by atoms with E-state index in [1.807, 2.05) is 4.90 Å². The van der Waals surface area contributed by atoms with Crippen molar-refractivity contribution in [3.63, 3.8) is 0 Å². The van der Waals surface area contributed by atoms with E-state index in [-0.39, 0.29) is 28.2 Å². The Labute approximate surface area is 154 Å². The molecule has 4 heteroatoms. The van der Waals surface area contributed by atoms with Gasteiger partial charge in [-0.2, -0.15) is 0 Å². The van der Waals surface area contributed by atoms with E-state index in [4.69, 9.17) is 4.99 Å². The number of amides is 1. The van der Waals surface area contributed by atoms with Crippen molar-refractivity contribution in [2.75, 3.05) is 19.6 Å². The summed E-state index contributed by atoms with van der Waals surface area (Å²) in [6.07, 6.45) is 0. The van der Waals surface area contributed by atoms with Crippen LogP contribution in [0.15, 0.2) is 16.3 Å². The molecule has 2 aliphatic rings. The van der Waals surface area contributed by atoms with Gasteiger partial charge in [-0.1, -0.05) is 62.3 Å². The van der Waals surface area contributed by atoms with Crippen LogP contribution in [0.5, 0.6) is 0 Å². The molecule has 1 unspecified atom stereocenters. The van der Waals surface area contributed by atoms with Gasteiger partial charge in [0.15, 0.2) is 0 Å². The molecule has 2 heterocycles. The molecule has 0 bridgehead atoms. The standard InChI is InChI=1S/C21H37N3O/c1-14(25)23-11-12-24-15(13-23)16(19(2,3)4)17(20(5,6)7)22-18(24)21(8,9)10/h17H,11-13H2,1-10H3. The number of nitrogens with zero attached hydrogens (tertiary/aromatic N) is 3. The van der Waals surface area contributed by atoms with Crippen LogP contribution in [0.4, 0.5) is 0 Å². The van der Waals surface area contributed by atoms with Crippen LogP contribution in [0.3, 0.4) is 0 Å². The Morgan fingerprint density at radius 1 is 0.960 bits per heavy atom. The maximum atomic E-state index is 12.0. The van der Waals surface area contributed by atoms with Gasteiger partial charge in [-0.15, -0.1) is 0 Å². The van der Waals surface area contributed by atoms with Gasteiger partial charge >= 0.3 is 0 Å². The van der Waals surface area contributed by atoms with Gasteiger partial charge < -0.3 is 9.80 Å². The number of hydrogen-bond donors (Lipinski definition) is 0. The van der Waals surface area contributed by atoms with Crippen molar-refractivity contribution in [2.45, 2.75) is 75.3 Å². The third-order valence-corrected chi connectivity index (χ3v) is 5.10. The molecular formula is C21H37N3O. The molecular weight excluding hydrogens is 310 g/mol. The molecule has 2 rings (SSSR count). The SMILES string of the molecule is CC(=O)N1CCN2C(C(C)(C)C)=NC(C(C)(C)C)C(C(C)(C)C)=C2C1. The molecule has 0 aromatic heterocycles. The minimum absolute atomic E-state index is 0.0121. The summed E-state index contributed by atoms with van der Waals surface area (Å²) < 4.78 is 0. The highest BCUT2D eigenvalue weighted by molar-refractivity contribution is 5.91. The second-order valence-electron chi connectivity index (χ2n) is 10.7. The predicted octanol–water partition coefficient (Wildman–Crippen LogP) is 4.32. The molecule has 2 aliphatic heterocycles. The van der Waals surface area contributed by atoms with Crippen molar-refractivity contribution in [1.29, 1.82) is 0 Å². The van der Waals surface area contributed by atoms with E-state index in [1.165, 1.54) is 17.1 Å². The molecule has 0 N–H and O–H groups in total. The highest BCUT2D eigenvalue weighted by Crippen LogP contribution is 2.45.